The topological polar surface area (TPSA) is 23.6 Å². The lowest BCUT2D eigenvalue weighted by Crippen LogP contribution is -2.35. The third kappa shape index (κ3) is 4.14. The third-order valence-electron chi connectivity index (χ3n) is 4.28. The van der Waals surface area contributed by atoms with E-state index >= 15 is 0 Å². The number of amides is 1. The Morgan fingerprint density at radius 3 is 2.83 bits per heavy atom. The van der Waals surface area contributed by atoms with Gasteiger partial charge in [0.2, 0.25) is 0 Å². The first-order valence-corrected chi connectivity index (χ1v) is 9.24. The third-order valence-corrected chi connectivity index (χ3v) is 5.25. The molecule has 1 fully saturated rings. The fourth-order valence-corrected chi connectivity index (χ4v) is 3.90. The second kappa shape index (κ2) is 7.47. The number of carbonyl (C=O) groups excluding carboxylic acids is 1. The van der Waals surface area contributed by atoms with Gasteiger partial charge in [0.05, 0.1) is 0 Å². The zero-order chi connectivity index (χ0) is 16.2. The summed E-state index contributed by atoms with van der Waals surface area (Å²) >= 11 is 7.73. The fraction of sp³-hybridized carbons (Fsp3) is 0.389. The van der Waals surface area contributed by atoms with E-state index in [1.165, 1.54) is 5.56 Å². The summed E-state index contributed by atoms with van der Waals surface area (Å²) in [6.07, 6.45) is 1.02. The van der Waals surface area contributed by atoms with Gasteiger partial charge in [-0.15, -0.1) is 0 Å². The van der Waals surface area contributed by atoms with E-state index in [0.29, 0.717) is 5.02 Å². The molecule has 1 saturated heterocycles. The molecule has 0 N–H and O–H groups in total. The molecule has 2 aromatic rings. The van der Waals surface area contributed by atoms with Gasteiger partial charge in [0.15, 0.2) is 0 Å². The number of halogens is 1. The van der Waals surface area contributed by atoms with E-state index in [9.17, 15) is 4.79 Å². The molecule has 0 aliphatic carbocycles. The van der Waals surface area contributed by atoms with E-state index < -0.39 is 0 Å². The molecule has 1 aromatic carbocycles. The van der Waals surface area contributed by atoms with Gasteiger partial charge in [0, 0.05) is 43.3 Å². The van der Waals surface area contributed by atoms with Gasteiger partial charge in [-0.05, 0) is 59.5 Å². The molecule has 5 heteroatoms. The summed E-state index contributed by atoms with van der Waals surface area (Å²) < 4.78 is 0. The van der Waals surface area contributed by atoms with E-state index in [0.717, 1.165) is 50.3 Å². The van der Waals surface area contributed by atoms with E-state index in [2.05, 4.69) is 21.7 Å². The predicted octanol–water partition coefficient (Wildman–Crippen LogP) is 4.06. The molecule has 0 saturated carbocycles. The minimum absolute atomic E-state index is 0.122. The maximum absolute atomic E-state index is 12.8. The van der Waals surface area contributed by atoms with Crippen LogP contribution in [0.15, 0.2) is 35.0 Å². The Morgan fingerprint density at radius 1 is 1.22 bits per heavy atom. The maximum atomic E-state index is 12.8. The SMILES string of the molecule is Cc1cc(Cl)ccc1C(=O)N1CCCN(Cc2ccsc2)CC1. The fourth-order valence-electron chi connectivity index (χ4n) is 3.01. The van der Waals surface area contributed by atoms with E-state index in [4.69, 9.17) is 11.6 Å². The number of aryl methyl sites for hydroxylation is 1. The average Bonchev–Trinajstić information content (AvgIpc) is 2.91. The van der Waals surface area contributed by atoms with Crippen molar-refractivity contribution >= 4 is 28.8 Å². The van der Waals surface area contributed by atoms with Gasteiger partial charge in [-0.2, -0.15) is 11.3 Å². The van der Waals surface area contributed by atoms with Crippen LogP contribution in [0.5, 0.6) is 0 Å². The van der Waals surface area contributed by atoms with Crippen LogP contribution >= 0.6 is 22.9 Å². The molecule has 2 heterocycles. The van der Waals surface area contributed by atoms with Gasteiger partial charge in [-0.1, -0.05) is 11.6 Å². The molecular weight excluding hydrogens is 328 g/mol. The first-order chi connectivity index (χ1) is 11.1. The predicted molar refractivity (Wildman–Crippen MR) is 96.3 cm³/mol. The van der Waals surface area contributed by atoms with Gasteiger partial charge in [-0.25, -0.2) is 0 Å². The van der Waals surface area contributed by atoms with Crippen LogP contribution in [0.2, 0.25) is 5.02 Å². The molecule has 0 atom stereocenters. The van der Waals surface area contributed by atoms with Crippen molar-refractivity contribution in [3.05, 3.63) is 56.7 Å². The van der Waals surface area contributed by atoms with Crippen LogP contribution in [0.3, 0.4) is 0 Å². The van der Waals surface area contributed by atoms with Crippen LogP contribution in [0.4, 0.5) is 0 Å². The summed E-state index contributed by atoms with van der Waals surface area (Å²) in [5, 5.41) is 4.99. The number of hydrogen-bond acceptors (Lipinski definition) is 3. The molecule has 1 aliphatic rings. The molecule has 0 spiro atoms. The highest BCUT2D eigenvalue weighted by Crippen LogP contribution is 2.18. The van der Waals surface area contributed by atoms with Crippen molar-refractivity contribution in [3.63, 3.8) is 0 Å². The van der Waals surface area contributed by atoms with E-state index in [1.807, 2.05) is 24.0 Å². The summed E-state index contributed by atoms with van der Waals surface area (Å²) in [7, 11) is 0. The molecule has 3 rings (SSSR count). The highest BCUT2D eigenvalue weighted by Gasteiger charge is 2.21. The Balaban J connectivity index is 1.64. The largest absolute Gasteiger partial charge is 0.337 e. The lowest BCUT2D eigenvalue weighted by Gasteiger charge is -2.22. The normalized spacial score (nSPS) is 16.3. The molecule has 122 valence electrons. The Kier molecular flexibility index (Phi) is 5.36. The molecule has 1 aromatic heterocycles. The van der Waals surface area contributed by atoms with Crippen LogP contribution in [0.25, 0.3) is 0 Å². The van der Waals surface area contributed by atoms with Crippen molar-refractivity contribution in [2.24, 2.45) is 0 Å². The van der Waals surface area contributed by atoms with Crippen molar-refractivity contribution in [1.29, 1.82) is 0 Å². The van der Waals surface area contributed by atoms with Crippen LogP contribution in [0, 0.1) is 6.92 Å². The summed E-state index contributed by atoms with van der Waals surface area (Å²) in [5.74, 6) is 0.122. The molecule has 0 radical (unpaired) electrons. The van der Waals surface area contributed by atoms with Crippen molar-refractivity contribution in [1.82, 2.24) is 9.80 Å². The second-order valence-electron chi connectivity index (χ2n) is 6.01. The average molecular weight is 349 g/mol. The highest BCUT2D eigenvalue weighted by atomic mass is 35.5. The zero-order valence-electron chi connectivity index (χ0n) is 13.3. The van der Waals surface area contributed by atoms with Crippen LogP contribution in [-0.4, -0.2) is 41.9 Å². The highest BCUT2D eigenvalue weighted by molar-refractivity contribution is 7.07. The lowest BCUT2D eigenvalue weighted by molar-refractivity contribution is 0.0760. The number of thiophene rings is 1. The Bertz CT molecular complexity index is 672. The second-order valence-corrected chi connectivity index (χ2v) is 7.23. The van der Waals surface area contributed by atoms with Gasteiger partial charge < -0.3 is 4.90 Å². The number of nitrogens with zero attached hydrogens (tertiary/aromatic N) is 2. The summed E-state index contributed by atoms with van der Waals surface area (Å²) in [5.41, 5.74) is 3.07. The number of rotatable bonds is 3. The molecule has 1 aliphatic heterocycles. The molecule has 0 unspecified atom stereocenters. The van der Waals surface area contributed by atoms with Crippen molar-refractivity contribution in [3.8, 4) is 0 Å². The van der Waals surface area contributed by atoms with Crippen LogP contribution in [-0.2, 0) is 6.54 Å². The van der Waals surface area contributed by atoms with Gasteiger partial charge in [0.25, 0.3) is 5.91 Å². The smallest absolute Gasteiger partial charge is 0.254 e. The van der Waals surface area contributed by atoms with E-state index in [1.54, 1.807) is 17.4 Å². The number of hydrogen-bond donors (Lipinski definition) is 0. The van der Waals surface area contributed by atoms with Gasteiger partial charge in [0.1, 0.15) is 0 Å². The molecule has 3 nitrogen and oxygen atoms in total. The van der Waals surface area contributed by atoms with Crippen LogP contribution < -0.4 is 0 Å². The molecule has 23 heavy (non-hydrogen) atoms. The first-order valence-electron chi connectivity index (χ1n) is 7.92. The number of benzene rings is 1. The van der Waals surface area contributed by atoms with Crippen molar-refractivity contribution in [2.45, 2.75) is 19.9 Å². The minimum atomic E-state index is 0.122. The Morgan fingerprint density at radius 2 is 2.09 bits per heavy atom. The van der Waals surface area contributed by atoms with E-state index in [-0.39, 0.29) is 5.91 Å². The standard InChI is InChI=1S/C18H21ClN2OS/c1-14-11-16(19)3-4-17(14)18(22)21-7-2-6-20(8-9-21)12-15-5-10-23-13-15/h3-5,10-11,13H,2,6-9,12H2,1H3. The van der Waals surface area contributed by atoms with Crippen molar-refractivity contribution in [2.75, 3.05) is 26.2 Å². The summed E-state index contributed by atoms with van der Waals surface area (Å²) in [6.45, 7) is 6.49. The van der Waals surface area contributed by atoms with Crippen molar-refractivity contribution < 1.29 is 4.79 Å². The summed E-state index contributed by atoms with van der Waals surface area (Å²) in [4.78, 5) is 17.2. The maximum Gasteiger partial charge on any atom is 0.254 e. The van der Waals surface area contributed by atoms with Crippen LogP contribution in [0.1, 0.15) is 27.9 Å². The minimum Gasteiger partial charge on any atom is -0.337 e. The molecular formula is C18H21ClN2OS. The molecule has 0 bridgehead atoms. The molecule has 1 amide bonds. The lowest BCUT2D eigenvalue weighted by atomic mass is 10.1. The van der Waals surface area contributed by atoms with Gasteiger partial charge in [-0.3, -0.25) is 9.69 Å². The quantitative estimate of drug-likeness (QED) is 0.835. The first kappa shape index (κ1) is 16.5. The van der Waals surface area contributed by atoms with Gasteiger partial charge >= 0.3 is 0 Å². The zero-order valence-corrected chi connectivity index (χ0v) is 14.9. The summed E-state index contributed by atoms with van der Waals surface area (Å²) in [6, 6.07) is 7.67. The Labute approximate surface area is 146 Å². The monoisotopic (exact) mass is 348 g/mol. The Hall–Kier alpha value is -1.36. The number of carbonyl (C=O) groups is 1.